The van der Waals surface area contributed by atoms with Gasteiger partial charge in [0.25, 0.3) is 5.91 Å². The van der Waals surface area contributed by atoms with Crippen LogP contribution >= 0.6 is 11.6 Å². The smallest absolute Gasteiger partial charge is 0.254 e. The molecule has 6 heteroatoms. The van der Waals surface area contributed by atoms with Gasteiger partial charge in [-0.3, -0.25) is 4.79 Å². The monoisotopic (exact) mass is 380 g/mol. The summed E-state index contributed by atoms with van der Waals surface area (Å²) in [7, 11) is 0. The highest BCUT2D eigenvalue weighted by Gasteiger charge is 2.33. The second kappa shape index (κ2) is 6.35. The number of fused-ring (bicyclic) bond motifs is 2. The van der Waals surface area contributed by atoms with E-state index in [1.807, 2.05) is 29.2 Å². The summed E-state index contributed by atoms with van der Waals surface area (Å²) in [5, 5.41) is 0.394. The van der Waals surface area contributed by atoms with Crippen LogP contribution < -0.4 is 9.47 Å². The van der Waals surface area contributed by atoms with Gasteiger partial charge < -0.3 is 18.9 Å². The van der Waals surface area contributed by atoms with Crippen LogP contribution in [0.3, 0.4) is 0 Å². The van der Waals surface area contributed by atoms with E-state index in [-0.39, 0.29) is 18.7 Å². The van der Waals surface area contributed by atoms with E-state index in [0.29, 0.717) is 28.6 Å². The molecule has 2 aliphatic rings. The minimum atomic E-state index is -0.147. The second-order valence-corrected chi connectivity index (χ2v) is 7.04. The van der Waals surface area contributed by atoms with Gasteiger partial charge in [-0.15, -0.1) is 0 Å². The van der Waals surface area contributed by atoms with Gasteiger partial charge in [0.15, 0.2) is 11.5 Å². The fourth-order valence-electron chi connectivity index (χ4n) is 3.84. The van der Waals surface area contributed by atoms with Crippen LogP contribution in [0.4, 0.5) is 0 Å². The van der Waals surface area contributed by atoms with E-state index in [9.17, 15) is 4.79 Å². The molecule has 0 aliphatic carbocycles. The Kier molecular flexibility index (Phi) is 3.83. The van der Waals surface area contributed by atoms with Crippen molar-refractivity contribution in [3.05, 3.63) is 82.6 Å². The van der Waals surface area contributed by atoms with Crippen LogP contribution in [-0.2, 0) is 6.54 Å². The Morgan fingerprint density at radius 2 is 1.89 bits per heavy atom. The van der Waals surface area contributed by atoms with Gasteiger partial charge in [-0.25, -0.2) is 0 Å². The third-order valence-electron chi connectivity index (χ3n) is 5.09. The third-order valence-corrected chi connectivity index (χ3v) is 5.37. The van der Waals surface area contributed by atoms with Crippen molar-refractivity contribution < 1.29 is 14.3 Å². The molecule has 0 saturated heterocycles. The first-order valence-corrected chi connectivity index (χ1v) is 9.20. The number of amides is 1. The number of rotatable bonds is 2. The number of carbonyl (C=O) groups is 1. The Hall–Kier alpha value is -2.92. The van der Waals surface area contributed by atoms with Gasteiger partial charge in [0.05, 0.1) is 11.1 Å². The normalized spacial score (nSPS) is 17.7. The largest absolute Gasteiger partial charge is 0.454 e. The lowest BCUT2D eigenvalue weighted by Gasteiger charge is -2.37. The molecule has 3 heterocycles. The van der Waals surface area contributed by atoms with Crippen molar-refractivity contribution in [3.63, 3.8) is 0 Å². The summed E-state index contributed by atoms with van der Waals surface area (Å²) in [6.07, 6.45) is 2.06. The average Bonchev–Trinajstić information content (AvgIpc) is 3.36. The first-order chi connectivity index (χ1) is 13.2. The van der Waals surface area contributed by atoms with E-state index >= 15 is 0 Å². The molecular weight excluding hydrogens is 364 g/mol. The topological polar surface area (TPSA) is 43.7 Å². The van der Waals surface area contributed by atoms with Crippen molar-refractivity contribution >= 4 is 17.5 Å². The van der Waals surface area contributed by atoms with Crippen LogP contribution in [0.1, 0.15) is 27.7 Å². The number of carbonyl (C=O) groups excluding carboxylic acids is 1. The summed E-state index contributed by atoms with van der Waals surface area (Å²) >= 11 is 6.29. The maximum atomic E-state index is 13.4. The fraction of sp³-hybridized carbons (Fsp3) is 0.190. The number of halogens is 1. The lowest BCUT2D eigenvalue weighted by molar-refractivity contribution is 0.0663. The molecule has 3 aromatic rings. The van der Waals surface area contributed by atoms with E-state index in [2.05, 4.69) is 29.0 Å². The molecule has 2 aromatic carbocycles. The molecule has 136 valence electrons. The van der Waals surface area contributed by atoms with Crippen LogP contribution in [0, 0.1) is 0 Å². The quantitative estimate of drug-likeness (QED) is 0.671. The third kappa shape index (κ3) is 2.66. The molecule has 1 aromatic heterocycles. The molecule has 0 N–H and O–H groups in total. The molecule has 0 bridgehead atoms. The van der Waals surface area contributed by atoms with Crippen LogP contribution in [0.5, 0.6) is 11.5 Å². The van der Waals surface area contributed by atoms with Crippen molar-refractivity contribution in [2.75, 3.05) is 13.3 Å². The maximum Gasteiger partial charge on any atom is 0.254 e. The highest BCUT2D eigenvalue weighted by molar-refractivity contribution is 6.32. The first kappa shape index (κ1) is 16.3. The lowest BCUT2D eigenvalue weighted by atomic mass is 9.99. The molecule has 1 atom stereocenters. The fourth-order valence-corrected chi connectivity index (χ4v) is 4.11. The Balaban J connectivity index is 1.57. The predicted molar refractivity (Wildman–Crippen MR) is 101 cm³/mol. The van der Waals surface area contributed by atoms with Crippen molar-refractivity contribution in [1.29, 1.82) is 0 Å². The highest BCUT2D eigenvalue weighted by atomic mass is 35.5. The second-order valence-electron chi connectivity index (χ2n) is 6.63. The Morgan fingerprint density at radius 1 is 1.04 bits per heavy atom. The lowest BCUT2D eigenvalue weighted by Crippen LogP contribution is -2.42. The van der Waals surface area contributed by atoms with Crippen molar-refractivity contribution in [1.82, 2.24) is 9.47 Å². The first-order valence-electron chi connectivity index (χ1n) is 8.82. The minimum absolute atomic E-state index is 0.0727. The predicted octanol–water partition coefficient (Wildman–Crippen LogP) is 4.12. The van der Waals surface area contributed by atoms with Gasteiger partial charge in [0.1, 0.15) is 0 Å². The van der Waals surface area contributed by atoms with Crippen LogP contribution in [-0.4, -0.2) is 28.7 Å². The zero-order valence-corrected chi connectivity index (χ0v) is 15.2. The van der Waals surface area contributed by atoms with E-state index < -0.39 is 0 Å². The molecule has 2 aliphatic heterocycles. The average molecular weight is 381 g/mol. The standard InChI is InChI=1S/C21H17ClN2O3/c22-16-11-15(12-18-20(16)27-13-26-18)21(25)24-10-9-23-8-4-7-17(23)19(24)14-5-2-1-3-6-14/h1-8,11-12,19H,9-10,13H2/t19-/m0/s1. The van der Waals surface area contributed by atoms with Gasteiger partial charge in [-0.1, -0.05) is 41.9 Å². The maximum absolute atomic E-state index is 13.4. The van der Waals surface area contributed by atoms with Gasteiger partial charge in [0, 0.05) is 30.5 Å². The van der Waals surface area contributed by atoms with E-state index in [0.717, 1.165) is 17.8 Å². The van der Waals surface area contributed by atoms with Crippen molar-refractivity contribution in [2.45, 2.75) is 12.6 Å². The number of hydrogen-bond donors (Lipinski definition) is 0. The number of aromatic nitrogens is 1. The molecule has 0 unspecified atom stereocenters. The summed E-state index contributed by atoms with van der Waals surface area (Å²) < 4.78 is 13.0. The molecule has 0 saturated carbocycles. The molecule has 5 rings (SSSR count). The van der Waals surface area contributed by atoms with Crippen molar-refractivity contribution in [3.8, 4) is 11.5 Å². The molecule has 27 heavy (non-hydrogen) atoms. The molecule has 0 fully saturated rings. The Bertz CT molecular complexity index is 1020. The molecule has 0 radical (unpaired) electrons. The zero-order chi connectivity index (χ0) is 18.4. The summed E-state index contributed by atoms with van der Waals surface area (Å²) in [5.74, 6) is 0.944. The molecular formula is C21H17ClN2O3. The van der Waals surface area contributed by atoms with Gasteiger partial charge in [-0.05, 0) is 29.8 Å². The zero-order valence-electron chi connectivity index (χ0n) is 14.5. The minimum Gasteiger partial charge on any atom is -0.454 e. The number of benzene rings is 2. The van der Waals surface area contributed by atoms with Crippen LogP contribution in [0.25, 0.3) is 0 Å². The number of hydrogen-bond acceptors (Lipinski definition) is 3. The van der Waals surface area contributed by atoms with Crippen LogP contribution in [0.15, 0.2) is 60.8 Å². The van der Waals surface area contributed by atoms with E-state index in [1.54, 1.807) is 12.1 Å². The molecule has 5 nitrogen and oxygen atoms in total. The van der Waals surface area contributed by atoms with Crippen LogP contribution in [0.2, 0.25) is 5.02 Å². The van der Waals surface area contributed by atoms with Crippen molar-refractivity contribution in [2.24, 2.45) is 0 Å². The summed E-state index contributed by atoms with van der Waals surface area (Å²) in [5.41, 5.74) is 2.69. The summed E-state index contributed by atoms with van der Waals surface area (Å²) in [4.78, 5) is 15.3. The van der Waals surface area contributed by atoms with Gasteiger partial charge >= 0.3 is 0 Å². The highest BCUT2D eigenvalue weighted by Crippen LogP contribution is 2.41. The molecule has 1 amide bonds. The number of nitrogens with zero attached hydrogens (tertiary/aromatic N) is 2. The Labute approximate surface area is 161 Å². The van der Waals surface area contributed by atoms with E-state index in [4.69, 9.17) is 21.1 Å². The van der Waals surface area contributed by atoms with Gasteiger partial charge in [-0.2, -0.15) is 0 Å². The summed E-state index contributed by atoms with van der Waals surface area (Å²) in [6.45, 7) is 1.50. The summed E-state index contributed by atoms with van der Waals surface area (Å²) in [6, 6.07) is 17.4. The Morgan fingerprint density at radius 3 is 2.74 bits per heavy atom. The SMILES string of the molecule is O=C(c1cc(Cl)c2c(c1)OCO2)N1CCn2cccc2[C@@H]1c1ccccc1. The van der Waals surface area contributed by atoms with Gasteiger partial charge in [0.2, 0.25) is 6.79 Å². The number of ether oxygens (including phenoxy) is 2. The molecule has 0 spiro atoms. The van der Waals surface area contributed by atoms with E-state index in [1.165, 1.54) is 0 Å².